The first-order valence-electron chi connectivity index (χ1n) is 11.8. The van der Waals surface area contributed by atoms with Crippen LogP contribution in [-0.2, 0) is 29.1 Å². The Morgan fingerprint density at radius 3 is 2.51 bits per heavy atom. The monoisotopic (exact) mass is 505 g/mol. The van der Waals surface area contributed by atoms with Gasteiger partial charge >= 0.3 is 11.7 Å². The summed E-state index contributed by atoms with van der Waals surface area (Å²) < 4.78 is 16.6. The number of rotatable bonds is 8. The fourth-order valence-corrected chi connectivity index (χ4v) is 4.49. The third kappa shape index (κ3) is 4.92. The third-order valence-electron chi connectivity index (χ3n) is 6.50. The van der Waals surface area contributed by atoms with Gasteiger partial charge in [-0.05, 0) is 36.1 Å². The van der Waals surface area contributed by atoms with Crippen molar-refractivity contribution in [2.45, 2.75) is 32.9 Å². The molecule has 1 saturated carbocycles. The maximum absolute atomic E-state index is 14.3. The van der Waals surface area contributed by atoms with Crippen LogP contribution in [0.15, 0.2) is 58.1 Å². The lowest BCUT2D eigenvalue weighted by Crippen LogP contribution is -2.41. The van der Waals surface area contributed by atoms with E-state index in [-0.39, 0.29) is 41.6 Å². The largest absolute Gasteiger partial charge is 0.481 e. The molecule has 37 heavy (non-hydrogen) atoms. The van der Waals surface area contributed by atoms with Crippen LogP contribution in [0.5, 0.6) is 0 Å². The molecule has 4 aromatic rings. The molecule has 0 spiro atoms. The van der Waals surface area contributed by atoms with E-state index in [1.54, 1.807) is 18.2 Å². The Morgan fingerprint density at radius 2 is 1.86 bits per heavy atom. The van der Waals surface area contributed by atoms with E-state index in [0.717, 1.165) is 10.1 Å². The van der Waals surface area contributed by atoms with Crippen LogP contribution < -0.4 is 16.6 Å². The van der Waals surface area contributed by atoms with Crippen molar-refractivity contribution >= 4 is 28.7 Å². The molecular formula is C26H24FN5O5. The van der Waals surface area contributed by atoms with Gasteiger partial charge in [0.1, 0.15) is 17.2 Å². The molecule has 2 aromatic carbocycles. The average molecular weight is 506 g/mol. The molecular weight excluding hydrogens is 481 g/mol. The summed E-state index contributed by atoms with van der Waals surface area (Å²) in [4.78, 5) is 56.9. The van der Waals surface area contributed by atoms with Crippen LogP contribution in [0.1, 0.15) is 30.3 Å². The number of H-pyrrole nitrogens is 1. The molecule has 2 atom stereocenters. The number of hydrogen-bond donors (Lipinski definition) is 3. The maximum Gasteiger partial charge on any atom is 0.333 e. The number of halogens is 1. The van der Waals surface area contributed by atoms with E-state index in [2.05, 4.69) is 15.3 Å². The van der Waals surface area contributed by atoms with Gasteiger partial charge in [0.2, 0.25) is 5.91 Å². The number of aliphatic carboxylic acids is 1. The van der Waals surface area contributed by atoms with Crippen LogP contribution in [0.4, 0.5) is 10.1 Å². The number of aromatic nitrogens is 4. The number of nitrogens with one attached hydrogen (secondary N) is 2. The third-order valence-corrected chi connectivity index (χ3v) is 6.50. The Kier molecular flexibility index (Phi) is 6.20. The Hall–Kier alpha value is -4.54. The zero-order chi connectivity index (χ0) is 26.3. The highest BCUT2D eigenvalue weighted by molar-refractivity contribution is 5.88. The van der Waals surface area contributed by atoms with Crippen LogP contribution in [0.2, 0.25) is 0 Å². The van der Waals surface area contributed by atoms with E-state index in [4.69, 9.17) is 0 Å². The highest BCUT2D eigenvalue weighted by Gasteiger charge is 2.43. The summed E-state index contributed by atoms with van der Waals surface area (Å²) in [6.07, 6.45) is 0.741. The van der Waals surface area contributed by atoms with Crippen LogP contribution in [-0.4, -0.2) is 36.1 Å². The maximum atomic E-state index is 14.3. The molecule has 1 fully saturated rings. The Labute approximate surface area is 209 Å². The molecule has 10 nitrogen and oxygen atoms in total. The second-order valence-corrected chi connectivity index (χ2v) is 9.25. The zero-order valence-corrected chi connectivity index (χ0v) is 19.9. The summed E-state index contributed by atoms with van der Waals surface area (Å²) in [5.74, 6) is -2.05. The number of carbonyl (C=O) groups excluding carboxylic acids is 1. The number of hydrogen-bond acceptors (Lipinski definition) is 5. The van der Waals surface area contributed by atoms with E-state index in [1.165, 1.54) is 29.7 Å². The Morgan fingerprint density at radius 1 is 1.14 bits per heavy atom. The minimum Gasteiger partial charge on any atom is -0.481 e. The van der Waals surface area contributed by atoms with Crippen LogP contribution in [0.3, 0.4) is 0 Å². The zero-order valence-electron chi connectivity index (χ0n) is 19.9. The molecule has 2 heterocycles. The van der Waals surface area contributed by atoms with Gasteiger partial charge in [0.25, 0.3) is 5.56 Å². The Bertz CT molecular complexity index is 1640. The lowest BCUT2D eigenvalue weighted by Gasteiger charge is -2.11. The molecule has 2 aromatic heterocycles. The van der Waals surface area contributed by atoms with E-state index in [0.29, 0.717) is 24.4 Å². The molecule has 1 unspecified atom stereocenters. The van der Waals surface area contributed by atoms with Gasteiger partial charge in [-0.15, -0.1) is 0 Å². The molecule has 11 heteroatoms. The van der Waals surface area contributed by atoms with Gasteiger partial charge in [0, 0.05) is 31.1 Å². The first kappa shape index (κ1) is 24.2. The molecule has 190 valence electrons. The van der Waals surface area contributed by atoms with Crippen molar-refractivity contribution in [2.24, 2.45) is 11.8 Å². The number of carboxylic acid groups (broad SMARTS) is 1. The molecule has 0 aliphatic heterocycles. The highest BCUT2D eigenvalue weighted by atomic mass is 19.1. The summed E-state index contributed by atoms with van der Waals surface area (Å²) in [6, 6.07) is 13.0. The summed E-state index contributed by atoms with van der Waals surface area (Å²) in [5, 5.41) is 12.0. The fraction of sp³-hybridized carbons (Fsp3) is 0.269. The molecule has 1 amide bonds. The predicted octanol–water partition coefficient (Wildman–Crippen LogP) is 2.34. The number of carbonyl (C=O) groups is 2. The standard InChI is InChI=1S/C26H24FN5O5/c1-14(33)28-18-8-6-15(7-9-18)10-21-29-22-23(30-21)31(13-17-11-19(17)25(35)36)26(37)32(24(22)34)12-16-4-2-3-5-20(16)27/h2-9,17,19H,10-13H2,1H3,(H,28,33)(H,29,30)(H,35,36)/t17?,19-/m1/s1. The van der Waals surface area contributed by atoms with E-state index < -0.39 is 29.0 Å². The second kappa shape index (κ2) is 9.49. The predicted molar refractivity (Wildman–Crippen MR) is 133 cm³/mol. The van der Waals surface area contributed by atoms with Gasteiger partial charge in [-0.1, -0.05) is 30.3 Å². The fourth-order valence-electron chi connectivity index (χ4n) is 4.49. The minimum atomic E-state index is -0.931. The van der Waals surface area contributed by atoms with Crippen molar-refractivity contribution in [3.8, 4) is 0 Å². The quantitative estimate of drug-likeness (QED) is 0.336. The number of imidazole rings is 1. The summed E-state index contributed by atoms with van der Waals surface area (Å²) in [6.45, 7) is 1.23. The molecule has 5 rings (SSSR count). The minimum absolute atomic E-state index is 0.0829. The van der Waals surface area contributed by atoms with Crippen molar-refractivity contribution in [3.63, 3.8) is 0 Å². The van der Waals surface area contributed by atoms with Gasteiger partial charge in [0.05, 0.1) is 12.5 Å². The smallest absolute Gasteiger partial charge is 0.333 e. The number of anilines is 1. The second-order valence-electron chi connectivity index (χ2n) is 9.25. The van der Waals surface area contributed by atoms with E-state index in [1.807, 2.05) is 12.1 Å². The van der Waals surface area contributed by atoms with E-state index in [9.17, 15) is 28.7 Å². The summed E-state index contributed by atoms with van der Waals surface area (Å²) >= 11 is 0. The molecule has 0 saturated heterocycles. The van der Waals surface area contributed by atoms with Crippen molar-refractivity contribution in [3.05, 3.63) is 92.1 Å². The lowest BCUT2D eigenvalue weighted by atomic mass is 10.1. The number of carboxylic acids is 1. The number of amides is 1. The van der Waals surface area contributed by atoms with Crippen LogP contribution in [0, 0.1) is 17.7 Å². The van der Waals surface area contributed by atoms with Crippen molar-refractivity contribution in [1.82, 2.24) is 19.1 Å². The van der Waals surface area contributed by atoms with Gasteiger partial charge in [-0.25, -0.2) is 14.2 Å². The van der Waals surface area contributed by atoms with Gasteiger partial charge in [-0.2, -0.15) is 0 Å². The van der Waals surface area contributed by atoms with Gasteiger partial charge in [-0.3, -0.25) is 23.5 Å². The van der Waals surface area contributed by atoms with Crippen molar-refractivity contribution < 1.29 is 19.1 Å². The number of benzene rings is 2. The molecule has 0 radical (unpaired) electrons. The summed E-state index contributed by atoms with van der Waals surface area (Å²) in [7, 11) is 0. The number of aromatic amines is 1. The lowest BCUT2D eigenvalue weighted by molar-refractivity contribution is -0.138. The Balaban J connectivity index is 1.55. The number of nitrogens with zero attached hydrogens (tertiary/aromatic N) is 3. The molecule has 1 aliphatic carbocycles. The highest BCUT2D eigenvalue weighted by Crippen LogP contribution is 2.39. The van der Waals surface area contributed by atoms with Gasteiger partial charge in [0.15, 0.2) is 5.65 Å². The van der Waals surface area contributed by atoms with Crippen LogP contribution in [0.25, 0.3) is 11.2 Å². The number of fused-ring (bicyclic) bond motifs is 1. The van der Waals surface area contributed by atoms with Crippen molar-refractivity contribution in [2.75, 3.05) is 5.32 Å². The SMILES string of the molecule is CC(=O)Nc1ccc(Cc2nc3c([nH]2)c(=O)n(Cc2ccccc2F)c(=O)n3CC2C[C@H]2C(=O)O)cc1. The average Bonchev–Trinajstić information content (AvgIpc) is 3.52. The van der Waals surface area contributed by atoms with Crippen LogP contribution >= 0.6 is 0 Å². The van der Waals surface area contributed by atoms with E-state index >= 15 is 0 Å². The van der Waals surface area contributed by atoms with Crippen molar-refractivity contribution in [1.29, 1.82) is 0 Å². The molecule has 0 bridgehead atoms. The molecule has 3 N–H and O–H groups in total. The summed E-state index contributed by atoms with van der Waals surface area (Å²) in [5.41, 5.74) is 0.597. The first-order chi connectivity index (χ1) is 17.7. The topological polar surface area (TPSA) is 139 Å². The normalized spacial score (nSPS) is 16.6. The molecule has 1 aliphatic rings. The first-order valence-corrected chi connectivity index (χ1v) is 11.8. The van der Waals surface area contributed by atoms with Gasteiger partial charge < -0.3 is 15.4 Å².